The van der Waals surface area contributed by atoms with Gasteiger partial charge in [-0.05, 0) is 66.6 Å². The Morgan fingerprint density at radius 2 is 1.56 bits per heavy atom. The van der Waals surface area contributed by atoms with Crippen LogP contribution in [0.25, 0.3) is 0 Å². The van der Waals surface area contributed by atoms with Gasteiger partial charge < -0.3 is 9.84 Å². The lowest BCUT2D eigenvalue weighted by molar-refractivity contribution is 0.0955. The largest absolute Gasteiger partial charge is 0.508 e. The van der Waals surface area contributed by atoms with Crippen LogP contribution in [0.3, 0.4) is 0 Å². The van der Waals surface area contributed by atoms with E-state index in [4.69, 9.17) is 4.74 Å². The molecule has 2 N–H and O–H groups in total. The second-order valence-electron chi connectivity index (χ2n) is 5.98. The molecule has 5 nitrogen and oxygen atoms in total. The van der Waals surface area contributed by atoms with Crippen LogP contribution >= 0.6 is 0 Å². The first kappa shape index (κ1) is 18.2. The third-order valence-corrected chi connectivity index (χ3v) is 3.98. The molecule has 0 spiro atoms. The quantitative estimate of drug-likeness (QED) is 0.513. The Bertz CT molecular complexity index is 918. The molecule has 0 saturated heterocycles. The molecule has 0 saturated carbocycles. The first-order valence-electron chi connectivity index (χ1n) is 8.52. The second kappa shape index (κ2) is 8.67. The van der Waals surface area contributed by atoms with Gasteiger partial charge in [-0.2, -0.15) is 5.10 Å². The van der Waals surface area contributed by atoms with Crippen LogP contribution < -0.4 is 10.2 Å². The van der Waals surface area contributed by atoms with Crippen molar-refractivity contribution in [2.75, 3.05) is 0 Å². The number of ether oxygens (including phenoxy) is 1. The summed E-state index contributed by atoms with van der Waals surface area (Å²) in [7, 11) is 0. The number of hydrazone groups is 1. The van der Waals surface area contributed by atoms with Crippen molar-refractivity contribution in [1.82, 2.24) is 5.43 Å². The van der Waals surface area contributed by atoms with Crippen molar-refractivity contribution in [2.24, 2.45) is 5.10 Å². The van der Waals surface area contributed by atoms with Gasteiger partial charge in [-0.15, -0.1) is 0 Å². The molecule has 0 aliphatic carbocycles. The summed E-state index contributed by atoms with van der Waals surface area (Å²) in [5, 5.41) is 13.4. The van der Waals surface area contributed by atoms with Crippen LogP contribution in [-0.2, 0) is 6.61 Å². The lowest BCUT2D eigenvalue weighted by atomic mass is 10.1. The van der Waals surface area contributed by atoms with Crippen molar-refractivity contribution in [3.63, 3.8) is 0 Å². The van der Waals surface area contributed by atoms with E-state index < -0.39 is 0 Å². The molecule has 0 radical (unpaired) electrons. The lowest BCUT2D eigenvalue weighted by Gasteiger charge is -2.07. The molecule has 3 aromatic carbocycles. The average molecular weight is 360 g/mol. The van der Waals surface area contributed by atoms with Gasteiger partial charge in [0.1, 0.15) is 18.1 Å². The van der Waals surface area contributed by atoms with Crippen molar-refractivity contribution >= 4 is 11.6 Å². The normalized spacial score (nSPS) is 11.1. The molecule has 3 aromatic rings. The Balaban J connectivity index is 1.57. The lowest BCUT2D eigenvalue weighted by Crippen LogP contribution is -2.19. The van der Waals surface area contributed by atoms with Gasteiger partial charge >= 0.3 is 0 Å². The first-order valence-corrected chi connectivity index (χ1v) is 8.52. The molecule has 1 amide bonds. The highest BCUT2D eigenvalue weighted by molar-refractivity contribution is 6.00. The van der Waals surface area contributed by atoms with E-state index in [9.17, 15) is 9.90 Å². The Hall–Kier alpha value is -3.60. The number of hydrogen-bond acceptors (Lipinski definition) is 4. The summed E-state index contributed by atoms with van der Waals surface area (Å²) in [5.74, 6) is 0.576. The smallest absolute Gasteiger partial charge is 0.271 e. The van der Waals surface area contributed by atoms with E-state index in [1.54, 1.807) is 55.5 Å². The van der Waals surface area contributed by atoms with Crippen molar-refractivity contribution in [1.29, 1.82) is 0 Å². The minimum absolute atomic E-state index is 0.185. The fraction of sp³-hybridized carbons (Fsp3) is 0.0909. The summed E-state index contributed by atoms with van der Waals surface area (Å²) in [6, 6.07) is 23.4. The van der Waals surface area contributed by atoms with Gasteiger partial charge in [0.25, 0.3) is 5.91 Å². The van der Waals surface area contributed by atoms with Gasteiger partial charge in [-0.3, -0.25) is 4.79 Å². The summed E-state index contributed by atoms with van der Waals surface area (Å²) < 4.78 is 5.71. The van der Waals surface area contributed by atoms with Gasteiger partial charge in [0.05, 0.1) is 5.71 Å². The Labute approximate surface area is 157 Å². The summed E-state index contributed by atoms with van der Waals surface area (Å²) >= 11 is 0. The highest BCUT2D eigenvalue weighted by atomic mass is 16.5. The standard InChI is InChI=1S/C22H20N2O3/c1-16(18-7-11-20(25)12-8-18)23-24-22(26)19-9-13-21(14-10-19)27-15-17-5-3-2-4-6-17/h2-14,25H,15H2,1H3,(H,24,26). The molecule has 5 heteroatoms. The predicted octanol–water partition coefficient (Wildman–Crippen LogP) is 4.13. The summed E-state index contributed by atoms with van der Waals surface area (Å²) in [6.07, 6.45) is 0. The topological polar surface area (TPSA) is 70.9 Å². The maximum atomic E-state index is 12.2. The Kier molecular flexibility index (Phi) is 5.84. The van der Waals surface area contributed by atoms with Gasteiger partial charge in [-0.25, -0.2) is 5.43 Å². The molecule has 136 valence electrons. The summed E-state index contributed by atoms with van der Waals surface area (Å²) in [4.78, 5) is 12.2. The number of hydrogen-bond donors (Lipinski definition) is 2. The zero-order valence-electron chi connectivity index (χ0n) is 14.9. The maximum absolute atomic E-state index is 12.2. The number of phenols is 1. The SMILES string of the molecule is CC(=NNC(=O)c1ccc(OCc2ccccc2)cc1)c1ccc(O)cc1. The zero-order chi connectivity index (χ0) is 19.1. The molecule has 0 fully saturated rings. The van der Waals surface area contributed by atoms with E-state index in [1.165, 1.54) is 0 Å². The maximum Gasteiger partial charge on any atom is 0.271 e. The van der Waals surface area contributed by atoms with Crippen LogP contribution in [-0.4, -0.2) is 16.7 Å². The molecule has 0 atom stereocenters. The Morgan fingerprint density at radius 1 is 0.926 bits per heavy atom. The highest BCUT2D eigenvalue weighted by Crippen LogP contribution is 2.14. The van der Waals surface area contributed by atoms with Gasteiger partial charge in [0, 0.05) is 5.56 Å². The third-order valence-electron chi connectivity index (χ3n) is 3.98. The number of nitrogens with one attached hydrogen (secondary N) is 1. The average Bonchev–Trinajstić information content (AvgIpc) is 2.72. The van der Waals surface area contributed by atoms with Crippen LogP contribution in [0.5, 0.6) is 11.5 Å². The monoisotopic (exact) mass is 360 g/mol. The van der Waals surface area contributed by atoms with E-state index in [0.29, 0.717) is 23.6 Å². The molecule has 0 bridgehead atoms. The van der Waals surface area contributed by atoms with Crippen LogP contribution in [0.2, 0.25) is 0 Å². The van der Waals surface area contributed by atoms with E-state index in [-0.39, 0.29) is 11.7 Å². The zero-order valence-corrected chi connectivity index (χ0v) is 14.9. The number of carbonyl (C=O) groups excluding carboxylic acids is 1. The van der Waals surface area contributed by atoms with Crippen LogP contribution in [0, 0.1) is 0 Å². The predicted molar refractivity (Wildman–Crippen MR) is 105 cm³/mol. The summed E-state index contributed by atoms with van der Waals surface area (Å²) in [5.41, 5.74) is 5.57. The molecule has 0 heterocycles. The van der Waals surface area contributed by atoms with E-state index >= 15 is 0 Å². The van der Waals surface area contributed by atoms with E-state index in [2.05, 4.69) is 10.5 Å². The molecule has 0 aliphatic rings. The minimum Gasteiger partial charge on any atom is -0.508 e. The van der Waals surface area contributed by atoms with Crippen LogP contribution in [0.1, 0.15) is 28.4 Å². The molecular formula is C22H20N2O3. The first-order chi connectivity index (χ1) is 13.1. The number of rotatable bonds is 6. The molecule has 0 aromatic heterocycles. The second-order valence-corrected chi connectivity index (χ2v) is 5.98. The fourth-order valence-electron chi connectivity index (χ4n) is 2.41. The van der Waals surface area contributed by atoms with Gasteiger partial charge in [0.2, 0.25) is 0 Å². The molecule has 3 rings (SSSR count). The Morgan fingerprint density at radius 3 is 2.22 bits per heavy atom. The number of phenolic OH excluding ortho intramolecular Hbond substituents is 1. The van der Waals surface area contributed by atoms with Gasteiger partial charge in [-0.1, -0.05) is 30.3 Å². The van der Waals surface area contributed by atoms with Crippen molar-refractivity contribution in [3.8, 4) is 11.5 Å². The van der Waals surface area contributed by atoms with Crippen LogP contribution in [0.15, 0.2) is 84.0 Å². The third kappa shape index (κ3) is 5.19. The number of aromatic hydroxyl groups is 1. The minimum atomic E-state index is -0.303. The van der Waals surface area contributed by atoms with Crippen LogP contribution in [0.4, 0.5) is 0 Å². The van der Waals surface area contributed by atoms with Gasteiger partial charge in [0.15, 0.2) is 0 Å². The van der Waals surface area contributed by atoms with Crippen molar-refractivity contribution in [3.05, 3.63) is 95.6 Å². The number of nitrogens with zero attached hydrogens (tertiary/aromatic N) is 1. The van der Waals surface area contributed by atoms with Crippen molar-refractivity contribution < 1.29 is 14.6 Å². The number of carbonyl (C=O) groups is 1. The summed E-state index contributed by atoms with van der Waals surface area (Å²) in [6.45, 7) is 2.26. The number of amides is 1. The molecule has 0 aliphatic heterocycles. The number of benzene rings is 3. The molecule has 0 unspecified atom stereocenters. The highest BCUT2D eigenvalue weighted by Gasteiger charge is 2.06. The molecule has 27 heavy (non-hydrogen) atoms. The van der Waals surface area contributed by atoms with E-state index in [0.717, 1.165) is 11.1 Å². The van der Waals surface area contributed by atoms with E-state index in [1.807, 2.05) is 30.3 Å². The molecular weight excluding hydrogens is 340 g/mol. The van der Waals surface area contributed by atoms with Crippen molar-refractivity contribution in [2.45, 2.75) is 13.5 Å². The fourth-order valence-corrected chi connectivity index (χ4v) is 2.41.